The summed E-state index contributed by atoms with van der Waals surface area (Å²) in [6, 6.07) is 19.8. The molecule has 0 unspecified atom stereocenters. The first-order valence-corrected chi connectivity index (χ1v) is 9.76. The number of aromatic nitrogens is 5. The van der Waals surface area contributed by atoms with Gasteiger partial charge in [-0.15, -0.1) is 5.10 Å². The van der Waals surface area contributed by atoms with Gasteiger partial charge in [0, 0.05) is 17.1 Å². The standard InChI is InChI=1S/C23H20N6O2/c1-30-21-11-17-19(12-22(21)31-2)24-14-25-23(17)26-16-8-9-18-20(10-16)29(28-27-18)13-15-6-4-3-5-7-15/h3-12,14H,13H2,1-2H3,(H,24,25,26). The molecule has 154 valence electrons. The summed E-state index contributed by atoms with van der Waals surface area (Å²) in [6.45, 7) is 0.647. The minimum absolute atomic E-state index is 0.619. The predicted molar refractivity (Wildman–Crippen MR) is 119 cm³/mol. The van der Waals surface area contributed by atoms with Gasteiger partial charge >= 0.3 is 0 Å². The number of fused-ring (bicyclic) bond motifs is 2. The van der Waals surface area contributed by atoms with Crippen LogP contribution in [0.2, 0.25) is 0 Å². The quantitative estimate of drug-likeness (QED) is 0.448. The molecule has 1 N–H and O–H groups in total. The van der Waals surface area contributed by atoms with Crippen molar-refractivity contribution in [3.05, 3.63) is 72.6 Å². The number of rotatable bonds is 6. The van der Waals surface area contributed by atoms with Crippen LogP contribution in [0.4, 0.5) is 11.5 Å². The van der Waals surface area contributed by atoms with Crippen molar-refractivity contribution in [3.63, 3.8) is 0 Å². The van der Waals surface area contributed by atoms with Crippen LogP contribution in [0, 0.1) is 0 Å². The summed E-state index contributed by atoms with van der Waals surface area (Å²) in [5.41, 5.74) is 4.56. The molecule has 31 heavy (non-hydrogen) atoms. The van der Waals surface area contributed by atoms with Gasteiger partial charge in [0.15, 0.2) is 11.5 Å². The number of anilines is 2. The molecular formula is C23H20N6O2. The van der Waals surface area contributed by atoms with Crippen LogP contribution in [0.1, 0.15) is 5.56 Å². The molecule has 0 radical (unpaired) electrons. The zero-order valence-electron chi connectivity index (χ0n) is 17.1. The van der Waals surface area contributed by atoms with E-state index in [0.717, 1.165) is 33.2 Å². The Labute approximate surface area is 178 Å². The Hall–Kier alpha value is -4.20. The topological polar surface area (TPSA) is 87.0 Å². The second kappa shape index (κ2) is 7.91. The summed E-state index contributed by atoms with van der Waals surface area (Å²) in [4.78, 5) is 8.79. The number of hydrogen-bond donors (Lipinski definition) is 1. The van der Waals surface area contributed by atoms with E-state index >= 15 is 0 Å². The third kappa shape index (κ3) is 3.59. The maximum atomic E-state index is 5.44. The van der Waals surface area contributed by atoms with E-state index in [9.17, 15) is 0 Å². The molecule has 2 aromatic heterocycles. The van der Waals surface area contributed by atoms with E-state index in [1.165, 1.54) is 6.33 Å². The molecule has 5 rings (SSSR count). The van der Waals surface area contributed by atoms with E-state index < -0.39 is 0 Å². The minimum atomic E-state index is 0.619. The van der Waals surface area contributed by atoms with Crippen molar-refractivity contribution in [1.82, 2.24) is 25.0 Å². The van der Waals surface area contributed by atoms with Gasteiger partial charge in [-0.2, -0.15) is 0 Å². The Morgan fingerprint density at radius 3 is 2.48 bits per heavy atom. The summed E-state index contributed by atoms with van der Waals surface area (Å²) < 4.78 is 12.7. The van der Waals surface area contributed by atoms with Crippen LogP contribution in [0.15, 0.2) is 67.0 Å². The number of benzene rings is 3. The first-order valence-electron chi connectivity index (χ1n) is 9.76. The zero-order valence-corrected chi connectivity index (χ0v) is 17.1. The van der Waals surface area contributed by atoms with Crippen LogP contribution >= 0.6 is 0 Å². The molecule has 0 bridgehead atoms. The fourth-order valence-corrected chi connectivity index (χ4v) is 3.54. The fraction of sp³-hybridized carbons (Fsp3) is 0.130. The van der Waals surface area contributed by atoms with Gasteiger partial charge in [0.1, 0.15) is 17.7 Å². The van der Waals surface area contributed by atoms with E-state index in [4.69, 9.17) is 9.47 Å². The van der Waals surface area contributed by atoms with Crippen molar-refractivity contribution in [1.29, 1.82) is 0 Å². The Morgan fingerprint density at radius 1 is 0.871 bits per heavy atom. The predicted octanol–water partition coefficient (Wildman–Crippen LogP) is 4.18. The Bertz CT molecular complexity index is 1370. The number of hydrogen-bond acceptors (Lipinski definition) is 7. The average molecular weight is 412 g/mol. The zero-order chi connectivity index (χ0) is 21.2. The Balaban J connectivity index is 1.52. The third-order valence-corrected chi connectivity index (χ3v) is 5.09. The largest absolute Gasteiger partial charge is 0.493 e. The molecule has 0 amide bonds. The van der Waals surface area contributed by atoms with Gasteiger partial charge in [-0.05, 0) is 29.8 Å². The molecular weight excluding hydrogens is 392 g/mol. The van der Waals surface area contributed by atoms with Crippen LogP contribution in [0.5, 0.6) is 11.5 Å². The van der Waals surface area contributed by atoms with Gasteiger partial charge in [0.25, 0.3) is 0 Å². The highest BCUT2D eigenvalue weighted by molar-refractivity contribution is 5.93. The number of ether oxygens (including phenoxy) is 2. The van der Waals surface area contributed by atoms with E-state index in [-0.39, 0.29) is 0 Å². The summed E-state index contributed by atoms with van der Waals surface area (Å²) in [5, 5.41) is 12.8. The van der Waals surface area contributed by atoms with Crippen molar-refractivity contribution < 1.29 is 9.47 Å². The molecule has 0 spiro atoms. The van der Waals surface area contributed by atoms with Gasteiger partial charge in [-0.3, -0.25) is 0 Å². The van der Waals surface area contributed by atoms with Crippen LogP contribution in [0.3, 0.4) is 0 Å². The number of nitrogens with zero attached hydrogens (tertiary/aromatic N) is 5. The van der Waals surface area contributed by atoms with Crippen molar-refractivity contribution in [2.45, 2.75) is 6.54 Å². The summed E-state index contributed by atoms with van der Waals surface area (Å²) in [7, 11) is 3.21. The van der Waals surface area contributed by atoms with Crippen LogP contribution in [-0.2, 0) is 6.54 Å². The number of methoxy groups -OCH3 is 2. The van der Waals surface area contributed by atoms with Gasteiger partial charge in [0.05, 0.1) is 31.8 Å². The fourth-order valence-electron chi connectivity index (χ4n) is 3.54. The molecule has 0 aliphatic heterocycles. The molecule has 8 heteroatoms. The monoisotopic (exact) mass is 412 g/mol. The summed E-state index contributed by atoms with van der Waals surface area (Å²) >= 11 is 0. The van der Waals surface area contributed by atoms with Gasteiger partial charge in [-0.25, -0.2) is 14.6 Å². The summed E-state index contributed by atoms with van der Waals surface area (Å²) in [6.07, 6.45) is 1.52. The number of nitrogens with one attached hydrogen (secondary N) is 1. The average Bonchev–Trinajstić information content (AvgIpc) is 3.21. The molecule has 5 aromatic rings. The van der Waals surface area contributed by atoms with Crippen molar-refractivity contribution in [3.8, 4) is 11.5 Å². The minimum Gasteiger partial charge on any atom is -0.493 e. The molecule has 8 nitrogen and oxygen atoms in total. The lowest BCUT2D eigenvalue weighted by Crippen LogP contribution is -2.02. The first kappa shape index (κ1) is 18.8. The van der Waals surface area contributed by atoms with Crippen molar-refractivity contribution in [2.24, 2.45) is 0 Å². The lowest BCUT2D eigenvalue weighted by molar-refractivity contribution is 0.356. The molecule has 0 aliphatic rings. The molecule has 0 atom stereocenters. The van der Waals surface area contributed by atoms with Gasteiger partial charge in [0.2, 0.25) is 0 Å². The summed E-state index contributed by atoms with van der Waals surface area (Å²) in [5.74, 6) is 1.91. The lowest BCUT2D eigenvalue weighted by atomic mass is 10.2. The first-order chi connectivity index (χ1) is 15.2. The van der Waals surface area contributed by atoms with Crippen molar-refractivity contribution >= 4 is 33.4 Å². The van der Waals surface area contributed by atoms with Gasteiger partial charge in [-0.1, -0.05) is 35.5 Å². The SMILES string of the molecule is COc1cc2ncnc(Nc3ccc4nnn(Cc5ccccc5)c4c3)c2cc1OC. The lowest BCUT2D eigenvalue weighted by Gasteiger charge is -2.12. The second-order valence-electron chi connectivity index (χ2n) is 7.01. The van der Waals surface area contributed by atoms with E-state index in [1.807, 2.05) is 53.2 Å². The highest BCUT2D eigenvalue weighted by Crippen LogP contribution is 2.34. The molecule has 3 aromatic carbocycles. The van der Waals surface area contributed by atoms with E-state index in [1.54, 1.807) is 14.2 Å². The smallest absolute Gasteiger partial charge is 0.162 e. The molecule has 0 saturated carbocycles. The normalized spacial score (nSPS) is 11.0. The maximum Gasteiger partial charge on any atom is 0.162 e. The molecule has 2 heterocycles. The van der Waals surface area contributed by atoms with Crippen molar-refractivity contribution in [2.75, 3.05) is 19.5 Å². The Kier molecular flexibility index (Phi) is 4.80. The Morgan fingerprint density at radius 2 is 1.68 bits per heavy atom. The van der Waals surface area contributed by atoms with Crippen LogP contribution in [-0.4, -0.2) is 39.2 Å². The molecule has 0 aliphatic carbocycles. The van der Waals surface area contributed by atoms with Gasteiger partial charge < -0.3 is 14.8 Å². The highest BCUT2D eigenvalue weighted by atomic mass is 16.5. The van der Waals surface area contributed by atoms with Crippen LogP contribution < -0.4 is 14.8 Å². The van der Waals surface area contributed by atoms with E-state index in [2.05, 4.69) is 37.7 Å². The van der Waals surface area contributed by atoms with E-state index in [0.29, 0.717) is 23.9 Å². The van der Waals surface area contributed by atoms with Crippen LogP contribution in [0.25, 0.3) is 21.9 Å². The maximum absolute atomic E-state index is 5.44. The molecule has 0 fully saturated rings. The molecule has 0 saturated heterocycles. The second-order valence-corrected chi connectivity index (χ2v) is 7.01. The third-order valence-electron chi connectivity index (χ3n) is 5.09. The highest BCUT2D eigenvalue weighted by Gasteiger charge is 2.12.